The summed E-state index contributed by atoms with van der Waals surface area (Å²) in [6, 6.07) is 4.26. The molecule has 0 unspecified atom stereocenters. The van der Waals surface area contributed by atoms with Gasteiger partial charge >= 0.3 is 0 Å². The minimum absolute atomic E-state index is 0.201. The van der Waals surface area contributed by atoms with Crippen LogP contribution in [0.15, 0.2) is 12.1 Å². The third-order valence-corrected chi connectivity index (χ3v) is 3.07. The topological polar surface area (TPSA) is 60.0 Å². The fourth-order valence-electron chi connectivity index (χ4n) is 1.95. The summed E-state index contributed by atoms with van der Waals surface area (Å²) in [6.07, 6.45) is 1.59. The molecule has 1 aliphatic heterocycles. The van der Waals surface area contributed by atoms with Gasteiger partial charge in [0.2, 0.25) is 6.79 Å². The van der Waals surface area contributed by atoms with Crippen LogP contribution in [0.3, 0.4) is 0 Å². The highest BCUT2D eigenvalue weighted by Crippen LogP contribution is 2.38. The lowest BCUT2D eigenvalue weighted by molar-refractivity contribution is 0.173. The Kier molecular flexibility index (Phi) is 5.49. The van der Waals surface area contributed by atoms with Gasteiger partial charge in [-0.15, -0.1) is 0 Å². The van der Waals surface area contributed by atoms with Gasteiger partial charge < -0.3 is 24.6 Å². The standard InChI is InChI=1S/C15H23NO4/c1-11(2)16-9-12-7-14-15(20-10-19-14)8-13(12)18-6-4-3-5-17/h7-8,11,16-17H,3-6,9-10H2,1-2H3. The van der Waals surface area contributed by atoms with E-state index in [0.717, 1.165) is 42.2 Å². The quantitative estimate of drug-likeness (QED) is 0.714. The van der Waals surface area contributed by atoms with E-state index in [9.17, 15) is 0 Å². The van der Waals surface area contributed by atoms with E-state index >= 15 is 0 Å². The van der Waals surface area contributed by atoms with Gasteiger partial charge in [-0.1, -0.05) is 13.8 Å². The Balaban J connectivity index is 2.05. The first-order chi connectivity index (χ1) is 9.70. The SMILES string of the molecule is CC(C)NCc1cc2c(cc1OCCCCO)OCO2. The highest BCUT2D eigenvalue weighted by molar-refractivity contribution is 5.51. The first-order valence-corrected chi connectivity index (χ1v) is 7.10. The summed E-state index contributed by atoms with van der Waals surface area (Å²) in [6.45, 7) is 5.99. The van der Waals surface area contributed by atoms with E-state index < -0.39 is 0 Å². The second-order valence-electron chi connectivity index (χ2n) is 5.13. The monoisotopic (exact) mass is 281 g/mol. The molecule has 5 nitrogen and oxygen atoms in total. The first kappa shape index (κ1) is 14.9. The normalized spacial score (nSPS) is 13.0. The molecule has 2 rings (SSSR count). The molecule has 20 heavy (non-hydrogen) atoms. The molecule has 0 fully saturated rings. The van der Waals surface area contributed by atoms with Crippen molar-refractivity contribution in [2.75, 3.05) is 20.0 Å². The van der Waals surface area contributed by atoms with E-state index in [4.69, 9.17) is 19.3 Å². The van der Waals surface area contributed by atoms with E-state index in [0.29, 0.717) is 12.6 Å². The highest BCUT2D eigenvalue weighted by Gasteiger charge is 2.18. The molecule has 0 spiro atoms. The Bertz CT molecular complexity index is 434. The minimum atomic E-state index is 0.201. The largest absolute Gasteiger partial charge is 0.493 e. The van der Waals surface area contributed by atoms with Gasteiger partial charge in [-0.25, -0.2) is 0 Å². The summed E-state index contributed by atoms with van der Waals surface area (Å²) >= 11 is 0. The van der Waals surface area contributed by atoms with E-state index in [1.165, 1.54) is 0 Å². The highest BCUT2D eigenvalue weighted by atomic mass is 16.7. The van der Waals surface area contributed by atoms with Crippen LogP contribution in [0.25, 0.3) is 0 Å². The van der Waals surface area contributed by atoms with Crippen molar-refractivity contribution in [3.05, 3.63) is 17.7 Å². The van der Waals surface area contributed by atoms with Gasteiger partial charge in [0, 0.05) is 30.8 Å². The molecule has 2 N–H and O–H groups in total. The van der Waals surface area contributed by atoms with Crippen LogP contribution in [0.1, 0.15) is 32.3 Å². The number of rotatable bonds is 8. The maximum atomic E-state index is 8.79. The fraction of sp³-hybridized carbons (Fsp3) is 0.600. The van der Waals surface area contributed by atoms with Gasteiger partial charge in [-0.05, 0) is 18.9 Å². The Hall–Kier alpha value is -1.46. The summed E-state index contributed by atoms with van der Waals surface area (Å²) in [4.78, 5) is 0. The van der Waals surface area contributed by atoms with Crippen LogP contribution < -0.4 is 19.5 Å². The van der Waals surface area contributed by atoms with Crippen LogP contribution in [-0.4, -0.2) is 31.2 Å². The van der Waals surface area contributed by atoms with Gasteiger partial charge in [-0.3, -0.25) is 0 Å². The predicted molar refractivity (Wildman–Crippen MR) is 76.4 cm³/mol. The zero-order valence-electron chi connectivity index (χ0n) is 12.1. The molecule has 1 aromatic carbocycles. The lowest BCUT2D eigenvalue weighted by Crippen LogP contribution is -2.22. The predicted octanol–water partition coefficient (Wildman–Crippen LogP) is 2.06. The Morgan fingerprint density at radius 2 is 2.00 bits per heavy atom. The molecule has 1 aromatic rings. The molecule has 0 radical (unpaired) electrons. The Morgan fingerprint density at radius 1 is 1.25 bits per heavy atom. The molecule has 0 aliphatic carbocycles. The molecule has 0 saturated carbocycles. The number of fused-ring (bicyclic) bond motifs is 1. The zero-order chi connectivity index (χ0) is 14.4. The number of aliphatic hydroxyl groups excluding tert-OH is 1. The lowest BCUT2D eigenvalue weighted by Gasteiger charge is -2.14. The van der Waals surface area contributed by atoms with Crippen LogP contribution in [0.2, 0.25) is 0 Å². The van der Waals surface area contributed by atoms with Crippen molar-refractivity contribution >= 4 is 0 Å². The van der Waals surface area contributed by atoms with Crippen molar-refractivity contribution in [1.29, 1.82) is 0 Å². The number of benzene rings is 1. The van der Waals surface area contributed by atoms with Crippen molar-refractivity contribution in [2.24, 2.45) is 0 Å². The van der Waals surface area contributed by atoms with Crippen molar-refractivity contribution < 1.29 is 19.3 Å². The molecule has 0 aromatic heterocycles. The van der Waals surface area contributed by atoms with Crippen LogP contribution >= 0.6 is 0 Å². The number of nitrogens with one attached hydrogen (secondary N) is 1. The van der Waals surface area contributed by atoms with Gasteiger partial charge in [-0.2, -0.15) is 0 Å². The smallest absolute Gasteiger partial charge is 0.231 e. The lowest BCUT2D eigenvalue weighted by atomic mass is 10.1. The summed E-state index contributed by atoms with van der Waals surface area (Å²) < 4.78 is 16.6. The number of ether oxygens (including phenoxy) is 3. The minimum Gasteiger partial charge on any atom is -0.493 e. The second kappa shape index (κ2) is 7.36. The van der Waals surface area contributed by atoms with Gasteiger partial charge in [0.05, 0.1) is 6.61 Å². The molecule has 0 atom stereocenters. The number of aliphatic hydroxyl groups is 1. The number of unbranched alkanes of at least 4 members (excludes halogenated alkanes) is 1. The van der Waals surface area contributed by atoms with E-state index in [1.807, 2.05) is 12.1 Å². The van der Waals surface area contributed by atoms with E-state index in [-0.39, 0.29) is 13.4 Å². The maximum Gasteiger partial charge on any atom is 0.231 e. The van der Waals surface area contributed by atoms with Crippen molar-refractivity contribution in [3.63, 3.8) is 0 Å². The van der Waals surface area contributed by atoms with Crippen LogP contribution in [0, 0.1) is 0 Å². The average Bonchev–Trinajstić information content (AvgIpc) is 2.87. The summed E-state index contributed by atoms with van der Waals surface area (Å²) in [5.74, 6) is 2.32. The van der Waals surface area contributed by atoms with Crippen molar-refractivity contribution in [3.8, 4) is 17.2 Å². The fourth-order valence-corrected chi connectivity index (χ4v) is 1.95. The van der Waals surface area contributed by atoms with Crippen LogP contribution in [0.4, 0.5) is 0 Å². The second-order valence-corrected chi connectivity index (χ2v) is 5.13. The average molecular weight is 281 g/mol. The third kappa shape index (κ3) is 4.02. The van der Waals surface area contributed by atoms with Crippen molar-refractivity contribution in [2.45, 2.75) is 39.3 Å². The number of hydrogen-bond donors (Lipinski definition) is 2. The third-order valence-electron chi connectivity index (χ3n) is 3.07. The van der Waals surface area contributed by atoms with Crippen LogP contribution in [-0.2, 0) is 6.54 Å². The maximum absolute atomic E-state index is 8.79. The Labute approximate surface area is 119 Å². The summed E-state index contributed by atoms with van der Waals surface area (Å²) in [5.41, 5.74) is 1.06. The van der Waals surface area contributed by atoms with Gasteiger partial charge in [0.25, 0.3) is 0 Å². The van der Waals surface area contributed by atoms with Gasteiger partial charge in [0.1, 0.15) is 5.75 Å². The first-order valence-electron chi connectivity index (χ1n) is 7.10. The molecule has 1 aliphatic rings. The molecule has 0 bridgehead atoms. The van der Waals surface area contributed by atoms with Crippen molar-refractivity contribution in [1.82, 2.24) is 5.32 Å². The molecule has 1 heterocycles. The summed E-state index contributed by atoms with van der Waals surface area (Å²) in [5, 5.41) is 12.2. The van der Waals surface area contributed by atoms with Crippen LogP contribution in [0.5, 0.6) is 17.2 Å². The molecular weight excluding hydrogens is 258 g/mol. The zero-order valence-corrected chi connectivity index (χ0v) is 12.1. The van der Waals surface area contributed by atoms with E-state index in [2.05, 4.69) is 19.2 Å². The molecule has 112 valence electrons. The van der Waals surface area contributed by atoms with Gasteiger partial charge in [0.15, 0.2) is 11.5 Å². The van der Waals surface area contributed by atoms with E-state index in [1.54, 1.807) is 0 Å². The Morgan fingerprint density at radius 3 is 2.70 bits per heavy atom. The molecule has 0 saturated heterocycles. The molecular formula is C15H23NO4. The molecule has 0 amide bonds. The number of hydrogen-bond acceptors (Lipinski definition) is 5. The molecule has 5 heteroatoms. The summed E-state index contributed by atoms with van der Waals surface area (Å²) in [7, 11) is 0.